The second kappa shape index (κ2) is 6.88. The smallest absolute Gasteiger partial charge is 0.422 e. The molecule has 130 valence electrons. The third-order valence-corrected chi connectivity index (χ3v) is 4.76. The lowest BCUT2D eigenvalue weighted by molar-refractivity contribution is 0.287. The average Bonchev–Trinajstić information content (AvgIpc) is 2.54. The molecule has 0 aliphatic rings. The maximum atomic E-state index is 12.2. The maximum absolute atomic E-state index is 12.2. The summed E-state index contributed by atoms with van der Waals surface area (Å²) in [5, 5.41) is 0.373. The van der Waals surface area contributed by atoms with Crippen LogP contribution in [0.4, 0.5) is 0 Å². The molecule has 6 heteroatoms. The van der Waals surface area contributed by atoms with Crippen LogP contribution in [-0.2, 0) is 6.54 Å². The molecule has 0 aliphatic heterocycles. The van der Waals surface area contributed by atoms with E-state index < -0.39 is 11.4 Å². The number of aromatic nitrogens is 1. The van der Waals surface area contributed by atoms with Gasteiger partial charge in [-0.3, -0.25) is 4.57 Å². The average molecular weight is 404 g/mol. The molecule has 0 saturated carbocycles. The molecule has 0 saturated heterocycles. The van der Waals surface area contributed by atoms with Crippen molar-refractivity contribution < 1.29 is 9.15 Å². The van der Waals surface area contributed by atoms with Crippen molar-refractivity contribution in [3.8, 4) is 5.75 Å². The van der Waals surface area contributed by atoms with Crippen LogP contribution in [0.1, 0.15) is 16.7 Å². The van der Waals surface area contributed by atoms with E-state index in [1.165, 1.54) is 10.1 Å². The molecule has 3 rings (SSSR count). The topological polar surface area (TPSA) is 61.4 Å². The Morgan fingerprint density at radius 1 is 1.08 bits per heavy atom. The van der Waals surface area contributed by atoms with Crippen molar-refractivity contribution in [1.29, 1.82) is 0 Å². The number of halogens is 1. The van der Waals surface area contributed by atoms with Gasteiger partial charge >= 0.3 is 11.4 Å². The maximum Gasteiger partial charge on any atom is 0.422 e. The Morgan fingerprint density at radius 2 is 1.84 bits per heavy atom. The van der Waals surface area contributed by atoms with Crippen molar-refractivity contribution in [2.45, 2.75) is 27.3 Å². The summed E-state index contributed by atoms with van der Waals surface area (Å²) in [6, 6.07) is 9.43. The molecule has 25 heavy (non-hydrogen) atoms. The van der Waals surface area contributed by atoms with Gasteiger partial charge in [0, 0.05) is 4.47 Å². The third kappa shape index (κ3) is 3.54. The Bertz CT molecular complexity index is 1070. The highest BCUT2D eigenvalue weighted by Gasteiger charge is 2.13. The van der Waals surface area contributed by atoms with E-state index >= 15 is 0 Å². The monoisotopic (exact) mass is 403 g/mol. The van der Waals surface area contributed by atoms with E-state index in [1.54, 1.807) is 6.07 Å². The van der Waals surface area contributed by atoms with Crippen LogP contribution in [-0.4, -0.2) is 11.2 Å². The lowest BCUT2D eigenvalue weighted by atomic mass is 10.1. The van der Waals surface area contributed by atoms with E-state index in [0.29, 0.717) is 15.4 Å². The van der Waals surface area contributed by atoms with E-state index in [0.717, 1.165) is 16.9 Å². The molecule has 0 amide bonds. The van der Waals surface area contributed by atoms with E-state index in [2.05, 4.69) is 15.9 Å². The minimum atomic E-state index is -0.689. The van der Waals surface area contributed by atoms with Gasteiger partial charge in [-0.15, -0.1) is 0 Å². The fourth-order valence-corrected chi connectivity index (χ4v) is 3.50. The summed E-state index contributed by atoms with van der Waals surface area (Å²) in [6.45, 7) is 6.49. The predicted octanol–water partition coefficient (Wildman–Crippen LogP) is 3.72. The van der Waals surface area contributed by atoms with E-state index in [-0.39, 0.29) is 13.2 Å². The molecule has 0 unspecified atom stereocenters. The van der Waals surface area contributed by atoms with Crippen molar-refractivity contribution in [3.05, 3.63) is 72.5 Å². The summed E-state index contributed by atoms with van der Waals surface area (Å²) in [5.41, 5.74) is 3.14. The van der Waals surface area contributed by atoms with Crippen molar-refractivity contribution >= 4 is 26.8 Å². The second-order valence-corrected chi connectivity index (χ2v) is 6.90. The van der Waals surface area contributed by atoms with Crippen LogP contribution in [0.25, 0.3) is 10.9 Å². The van der Waals surface area contributed by atoms with E-state index in [9.17, 15) is 9.59 Å². The number of hydrogen-bond acceptors (Lipinski definition) is 4. The van der Waals surface area contributed by atoms with Gasteiger partial charge in [0.2, 0.25) is 0 Å². The first-order valence-electron chi connectivity index (χ1n) is 7.90. The normalized spacial score (nSPS) is 11.0. The van der Waals surface area contributed by atoms with E-state index in [1.807, 2.05) is 45.0 Å². The number of benzene rings is 2. The van der Waals surface area contributed by atoms with Gasteiger partial charge in [-0.2, -0.15) is 0 Å². The second-order valence-electron chi connectivity index (χ2n) is 6.04. The van der Waals surface area contributed by atoms with E-state index in [4.69, 9.17) is 9.15 Å². The van der Waals surface area contributed by atoms with Gasteiger partial charge in [-0.05, 0) is 77.7 Å². The lowest BCUT2D eigenvalue weighted by Gasteiger charge is -2.12. The summed E-state index contributed by atoms with van der Waals surface area (Å²) >= 11 is 3.44. The van der Waals surface area contributed by atoms with Gasteiger partial charge < -0.3 is 9.15 Å². The molecule has 0 radical (unpaired) electrons. The molecule has 3 aromatic rings. The fraction of sp³-hybridized carbons (Fsp3) is 0.263. The molecule has 0 spiro atoms. The molecule has 2 aromatic carbocycles. The zero-order chi connectivity index (χ0) is 18.1. The quantitative estimate of drug-likeness (QED) is 0.665. The number of aryl methyl sites for hydroxylation is 3. The SMILES string of the molecule is Cc1cc(Br)c2c(c1)c(=O)oc(=O)n2CCOc1ccc(C)c(C)c1. The minimum Gasteiger partial charge on any atom is -0.492 e. The highest BCUT2D eigenvalue weighted by Crippen LogP contribution is 2.23. The predicted molar refractivity (Wildman–Crippen MR) is 101 cm³/mol. The van der Waals surface area contributed by atoms with Crippen LogP contribution in [0.2, 0.25) is 0 Å². The summed E-state index contributed by atoms with van der Waals surface area (Å²) < 4.78 is 12.7. The Hall–Kier alpha value is -2.34. The summed E-state index contributed by atoms with van der Waals surface area (Å²) in [7, 11) is 0. The first kappa shape index (κ1) is 17.5. The van der Waals surface area contributed by atoms with Gasteiger partial charge in [0.15, 0.2) is 0 Å². The van der Waals surface area contributed by atoms with Gasteiger partial charge in [0.25, 0.3) is 0 Å². The zero-order valence-corrected chi connectivity index (χ0v) is 15.8. The van der Waals surface area contributed by atoms with Crippen LogP contribution in [0.15, 0.2) is 48.8 Å². The minimum absolute atomic E-state index is 0.272. The van der Waals surface area contributed by atoms with Crippen molar-refractivity contribution in [1.82, 2.24) is 4.57 Å². The Kier molecular flexibility index (Phi) is 4.81. The molecule has 0 atom stereocenters. The van der Waals surface area contributed by atoms with Crippen LogP contribution >= 0.6 is 15.9 Å². The molecule has 5 nitrogen and oxygen atoms in total. The zero-order valence-electron chi connectivity index (χ0n) is 14.3. The van der Waals surface area contributed by atoms with Gasteiger partial charge in [0.1, 0.15) is 12.4 Å². The highest BCUT2D eigenvalue weighted by atomic mass is 79.9. The first-order valence-corrected chi connectivity index (χ1v) is 8.70. The number of rotatable bonds is 4. The van der Waals surface area contributed by atoms with Gasteiger partial charge in [0.05, 0.1) is 17.4 Å². The number of nitrogens with zero attached hydrogens (tertiary/aromatic N) is 1. The summed E-state index contributed by atoms with van der Waals surface area (Å²) in [5.74, 6) is 0.0542. The van der Waals surface area contributed by atoms with Crippen LogP contribution in [0, 0.1) is 20.8 Å². The van der Waals surface area contributed by atoms with Gasteiger partial charge in [-0.25, -0.2) is 9.59 Å². The Labute approximate surface area is 153 Å². The molecule has 1 aromatic heterocycles. The van der Waals surface area contributed by atoms with Gasteiger partial charge in [-0.1, -0.05) is 6.07 Å². The summed E-state index contributed by atoms with van der Waals surface area (Å²) in [6.07, 6.45) is 0. The number of hydrogen-bond donors (Lipinski definition) is 0. The number of ether oxygens (including phenoxy) is 1. The van der Waals surface area contributed by atoms with Crippen LogP contribution in [0.3, 0.4) is 0 Å². The van der Waals surface area contributed by atoms with Crippen molar-refractivity contribution in [3.63, 3.8) is 0 Å². The molecular formula is C19H18BrNO4. The fourth-order valence-electron chi connectivity index (χ4n) is 2.71. The number of fused-ring (bicyclic) bond motifs is 1. The summed E-state index contributed by atoms with van der Waals surface area (Å²) in [4.78, 5) is 24.1. The molecule has 0 aliphatic carbocycles. The third-order valence-electron chi connectivity index (χ3n) is 4.16. The molecule has 1 heterocycles. The molecular weight excluding hydrogens is 386 g/mol. The molecule has 0 N–H and O–H groups in total. The van der Waals surface area contributed by atoms with Crippen LogP contribution in [0.5, 0.6) is 5.75 Å². The van der Waals surface area contributed by atoms with Crippen LogP contribution < -0.4 is 16.1 Å². The highest BCUT2D eigenvalue weighted by molar-refractivity contribution is 9.10. The lowest BCUT2D eigenvalue weighted by Crippen LogP contribution is -2.27. The molecule has 0 bridgehead atoms. The molecule has 0 fully saturated rings. The largest absolute Gasteiger partial charge is 0.492 e. The Morgan fingerprint density at radius 3 is 2.56 bits per heavy atom. The Balaban J connectivity index is 1.92. The van der Waals surface area contributed by atoms with Crippen molar-refractivity contribution in [2.75, 3.05) is 6.61 Å². The standard InChI is InChI=1S/C19H18BrNO4/c1-11-8-15-17(16(20)9-11)21(19(23)25-18(15)22)6-7-24-14-5-4-12(2)13(3)10-14/h4-5,8-10H,6-7H2,1-3H3. The first-order chi connectivity index (χ1) is 11.9. The van der Waals surface area contributed by atoms with Crippen molar-refractivity contribution in [2.24, 2.45) is 0 Å².